The zero-order chi connectivity index (χ0) is 45.9. The molecule has 0 rings (SSSR count). The Morgan fingerprint density at radius 1 is 0.302 bits per heavy atom. The SMILES string of the molecule is CCCCCCCCCCCCCCCCCCCCCC(=O)OC[C@H](COC(=O)CCCCCCCCC)OC(=O)CCCCCCCCCCCCCCCCCCC(C)C. The Labute approximate surface area is 393 Å². The molecule has 0 aromatic carbocycles. The number of carbonyl (C=O) groups is 3. The lowest BCUT2D eigenvalue weighted by Crippen LogP contribution is -2.30. The van der Waals surface area contributed by atoms with Gasteiger partial charge in [-0.1, -0.05) is 285 Å². The highest BCUT2D eigenvalue weighted by atomic mass is 16.6. The molecule has 0 aliphatic heterocycles. The van der Waals surface area contributed by atoms with Crippen LogP contribution in [0.25, 0.3) is 0 Å². The molecule has 0 aliphatic carbocycles. The third-order valence-electron chi connectivity index (χ3n) is 13.0. The molecular weight excluding hydrogens is 781 g/mol. The van der Waals surface area contributed by atoms with Crippen LogP contribution in [0.15, 0.2) is 0 Å². The van der Waals surface area contributed by atoms with Gasteiger partial charge in [0.2, 0.25) is 0 Å². The van der Waals surface area contributed by atoms with Gasteiger partial charge in [-0.25, -0.2) is 0 Å². The van der Waals surface area contributed by atoms with Gasteiger partial charge in [0.15, 0.2) is 6.10 Å². The third-order valence-corrected chi connectivity index (χ3v) is 13.0. The van der Waals surface area contributed by atoms with Crippen molar-refractivity contribution in [3.63, 3.8) is 0 Å². The fraction of sp³-hybridized carbons (Fsp3) is 0.947. The standard InChI is InChI=1S/C57H110O6/c1-5-7-9-11-13-14-15-16-17-18-19-20-24-27-30-33-37-41-45-49-56(59)62-52-54(51-61-55(58)48-44-40-35-12-10-8-6-2)63-57(60)50-46-42-38-34-31-28-25-22-21-23-26-29-32-36-39-43-47-53(3)4/h53-54H,5-52H2,1-4H3/t54-/m0/s1. The molecule has 0 unspecified atom stereocenters. The van der Waals surface area contributed by atoms with E-state index in [2.05, 4.69) is 27.7 Å². The van der Waals surface area contributed by atoms with E-state index in [0.717, 1.165) is 63.7 Å². The first-order chi connectivity index (χ1) is 30.9. The Morgan fingerprint density at radius 2 is 0.524 bits per heavy atom. The van der Waals surface area contributed by atoms with E-state index in [1.54, 1.807) is 0 Å². The van der Waals surface area contributed by atoms with Crippen molar-refractivity contribution in [1.82, 2.24) is 0 Å². The molecule has 0 aromatic rings. The largest absolute Gasteiger partial charge is 0.462 e. The molecule has 6 heteroatoms. The first-order valence-corrected chi connectivity index (χ1v) is 28.4. The van der Waals surface area contributed by atoms with E-state index in [1.165, 1.54) is 218 Å². The maximum absolute atomic E-state index is 12.8. The van der Waals surface area contributed by atoms with Crippen molar-refractivity contribution in [3.8, 4) is 0 Å². The second-order valence-corrected chi connectivity index (χ2v) is 20.1. The maximum Gasteiger partial charge on any atom is 0.306 e. The van der Waals surface area contributed by atoms with Crippen LogP contribution in [-0.2, 0) is 28.6 Å². The maximum atomic E-state index is 12.8. The second kappa shape index (κ2) is 51.4. The van der Waals surface area contributed by atoms with Crippen molar-refractivity contribution in [1.29, 1.82) is 0 Å². The number of carbonyl (C=O) groups excluding carboxylic acids is 3. The zero-order valence-electron chi connectivity index (χ0n) is 43.0. The number of hydrogen-bond donors (Lipinski definition) is 0. The van der Waals surface area contributed by atoms with E-state index in [1.807, 2.05) is 0 Å². The second-order valence-electron chi connectivity index (χ2n) is 20.1. The van der Waals surface area contributed by atoms with Gasteiger partial charge in [-0.2, -0.15) is 0 Å². The van der Waals surface area contributed by atoms with Gasteiger partial charge < -0.3 is 14.2 Å². The Hall–Kier alpha value is -1.59. The number of rotatable bonds is 52. The number of ether oxygens (including phenoxy) is 3. The van der Waals surface area contributed by atoms with Crippen LogP contribution in [0.4, 0.5) is 0 Å². The summed E-state index contributed by atoms with van der Waals surface area (Å²) in [7, 11) is 0. The summed E-state index contributed by atoms with van der Waals surface area (Å²) >= 11 is 0. The Balaban J connectivity index is 4.13. The molecular formula is C57H110O6. The molecule has 0 fully saturated rings. The van der Waals surface area contributed by atoms with Crippen LogP contribution in [0.3, 0.4) is 0 Å². The molecule has 0 aliphatic rings. The lowest BCUT2D eigenvalue weighted by atomic mass is 10.0. The van der Waals surface area contributed by atoms with Crippen LogP contribution in [0.2, 0.25) is 0 Å². The van der Waals surface area contributed by atoms with Crippen molar-refractivity contribution in [2.75, 3.05) is 13.2 Å². The predicted molar refractivity (Wildman–Crippen MR) is 270 cm³/mol. The smallest absolute Gasteiger partial charge is 0.306 e. The highest BCUT2D eigenvalue weighted by molar-refractivity contribution is 5.71. The molecule has 63 heavy (non-hydrogen) atoms. The number of hydrogen-bond acceptors (Lipinski definition) is 6. The molecule has 0 saturated carbocycles. The normalized spacial score (nSPS) is 12.0. The molecule has 0 bridgehead atoms. The fourth-order valence-electron chi connectivity index (χ4n) is 8.75. The summed E-state index contributed by atoms with van der Waals surface area (Å²) in [6, 6.07) is 0. The fourth-order valence-corrected chi connectivity index (χ4v) is 8.75. The topological polar surface area (TPSA) is 78.9 Å². The van der Waals surface area contributed by atoms with Crippen LogP contribution in [-0.4, -0.2) is 37.2 Å². The molecule has 0 radical (unpaired) electrons. The summed E-state index contributed by atoms with van der Waals surface area (Å²) < 4.78 is 16.8. The van der Waals surface area contributed by atoms with Crippen molar-refractivity contribution in [3.05, 3.63) is 0 Å². The third kappa shape index (κ3) is 51.3. The van der Waals surface area contributed by atoms with Crippen molar-refractivity contribution in [2.45, 2.75) is 329 Å². The van der Waals surface area contributed by atoms with Crippen LogP contribution in [0.5, 0.6) is 0 Å². The van der Waals surface area contributed by atoms with Crippen molar-refractivity contribution in [2.24, 2.45) is 5.92 Å². The molecule has 6 nitrogen and oxygen atoms in total. The lowest BCUT2D eigenvalue weighted by molar-refractivity contribution is -0.167. The first-order valence-electron chi connectivity index (χ1n) is 28.4. The van der Waals surface area contributed by atoms with Crippen LogP contribution >= 0.6 is 0 Å². The Morgan fingerprint density at radius 3 is 0.778 bits per heavy atom. The van der Waals surface area contributed by atoms with E-state index < -0.39 is 6.10 Å². The number of unbranched alkanes of at least 4 members (excludes halogenated alkanes) is 39. The summed E-state index contributed by atoms with van der Waals surface area (Å²) in [5, 5.41) is 0. The van der Waals surface area contributed by atoms with Crippen LogP contribution in [0.1, 0.15) is 323 Å². The van der Waals surface area contributed by atoms with E-state index in [-0.39, 0.29) is 31.1 Å². The van der Waals surface area contributed by atoms with Gasteiger partial charge in [-0.3, -0.25) is 14.4 Å². The summed E-state index contributed by atoms with van der Waals surface area (Å²) in [6.07, 6.45) is 55.4. The number of esters is 3. The van der Waals surface area contributed by atoms with Gasteiger partial charge in [-0.05, 0) is 25.2 Å². The van der Waals surface area contributed by atoms with Crippen molar-refractivity contribution >= 4 is 17.9 Å². The van der Waals surface area contributed by atoms with Gasteiger partial charge in [0.05, 0.1) is 0 Å². The van der Waals surface area contributed by atoms with Crippen LogP contribution < -0.4 is 0 Å². The predicted octanol–water partition coefficient (Wildman–Crippen LogP) is 18.6. The molecule has 0 N–H and O–H groups in total. The summed E-state index contributed by atoms with van der Waals surface area (Å²) in [4.78, 5) is 37.9. The summed E-state index contributed by atoms with van der Waals surface area (Å²) in [6.45, 7) is 9.03. The molecule has 374 valence electrons. The Kier molecular flexibility index (Phi) is 50.1. The highest BCUT2D eigenvalue weighted by Gasteiger charge is 2.19. The zero-order valence-corrected chi connectivity index (χ0v) is 43.0. The molecule has 0 aromatic heterocycles. The van der Waals surface area contributed by atoms with Gasteiger partial charge in [0.1, 0.15) is 13.2 Å². The van der Waals surface area contributed by atoms with Crippen molar-refractivity contribution < 1.29 is 28.6 Å². The summed E-state index contributed by atoms with van der Waals surface area (Å²) in [5.41, 5.74) is 0. The molecule has 0 saturated heterocycles. The van der Waals surface area contributed by atoms with E-state index in [4.69, 9.17) is 14.2 Å². The highest BCUT2D eigenvalue weighted by Crippen LogP contribution is 2.18. The minimum Gasteiger partial charge on any atom is -0.462 e. The van der Waals surface area contributed by atoms with E-state index in [9.17, 15) is 14.4 Å². The minimum atomic E-state index is -0.760. The van der Waals surface area contributed by atoms with E-state index >= 15 is 0 Å². The lowest BCUT2D eigenvalue weighted by Gasteiger charge is -2.18. The average molecular weight is 892 g/mol. The first kappa shape index (κ1) is 61.4. The van der Waals surface area contributed by atoms with Gasteiger partial charge in [-0.15, -0.1) is 0 Å². The summed E-state index contributed by atoms with van der Waals surface area (Å²) in [5.74, 6) is 0.00676. The molecule has 0 spiro atoms. The quantitative estimate of drug-likeness (QED) is 0.0344. The van der Waals surface area contributed by atoms with Gasteiger partial charge in [0, 0.05) is 19.3 Å². The van der Waals surface area contributed by atoms with E-state index in [0.29, 0.717) is 19.3 Å². The average Bonchev–Trinajstić information content (AvgIpc) is 3.27. The van der Waals surface area contributed by atoms with Crippen LogP contribution in [0, 0.1) is 5.92 Å². The minimum absolute atomic E-state index is 0.0625. The van der Waals surface area contributed by atoms with Gasteiger partial charge in [0.25, 0.3) is 0 Å². The monoisotopic (exact) mass is 891 g/mol. The Bertz CT molecular complexity index is 949. The molecule has 0 heterocycles. The molecule has 1 atom stereocenters. The molecule has 0 amide bonds. The van der Waals surface area contributed by atoms with Gasteiger partial charge >= 0.3 is 17.9 Å².